The molecule has 1 aliphatic heterocycles. The maximum Gasteiger partial charge on any atom is 1.00 e. The molecule has 0 aromatic heterocycles. The molecule has 23 heavy (non-hydrogen) atoms. The Balaban J connectivity index is -0.00000133. The summed E-state index contributed by atoms with van der Waals surface area (Å²) >= 11 is 0.882. The van der Waals surface area contributed by atoms with Gasteiger partial charge in [-0.3, -0.25) is 19.3 Å². The molecule has 0 aliphatic carbocycles. The molecule has 0 aromatic rings. The van der Waals surface area contributed by atoms with Gasteiger partial charge in [0.2, 0.25) is 11.8 Å². The first-order valence-corrected chi connectivity index (χ1v) is 6.71. The fraction of sp³-hybridized carbons (Fsp3) is 0.600. The quantitative estimate of drug-likeness (QED) is 0.218. The number of thioether (sulfide) groups is 1. The second kappa shape index (κ2) is 13.9. The fourth-order valence-corrected chi connectivity index (χ4v) is 2.78. The van der Waals surface area contributed by atoms with Gasteiger partial charge in [-0.2, -0.15) is 0 Å². The minimum Gasteiger partial charge on any atom is -0.666 e. The number of carboxylic acid groups (broad SMARTS) is 1. The molecule has 1 rings (SSSR count). The van der Waals surface area contributed by atoms with Crippen LogP contribution in [0, 0.1) is 0 Å². The molecule has 1 aliphatic rings. The van der Waals surface area contributed by atoms with Gasteiger partial charge in [0.25, 0.3) is 5.97 Å². The number of aliphatic carboxylic acids is 1. The average Bonchev–Trinajstić information content (AvgIpc) is 2.64. The SMILES string of the molecule is [Ir].[K+].[NH-]C(=O)C(CN)N1C(=O)CC(SCC([NH-])C(=O)O)C1=O.[Y]. The van der Waals surface area contributed by atoms with Crippen LogP contribution in [0.4, 0.5) is 0 Å². The normalized spacial score (nSPS) is 19.0. The molecule has 1 saturated heterocycles. The Bertz CT molecular complexity index is 461. The van der Waals surface area contributed by atoms with Crippen LogP contribution in [0.5, 0.6) is 0 Å². The van der Waals surface area contributed by atoms with Gasteiger partial charge in [0.1, 0.15) is 0 Å². The second-order valence-corrected chi connectivity index (χ2v) is 5.37. The fourth-order valence-electron chi connectivity index (χ4n) is 1.69. The number of likely N-dealkylation sites (tertiary alicyclic amines) is 1. The number of hydrogen-bond donors (Lipinski definition) is 2. The van der Waals surface area contributed by atoms with Crippen LogP contribution >= 0.6 is 11.8 Å². The molecule has 2 radical (unpaired) electrons. The Morgan fingerprint density at radius 2 is 1.96 bits per heavy atom. The Kier molecular flexibility index (Phi) is 17.8. The van der Waals surface area contributed by atoms with Crippen molar-refractivity contribution in [1.82, 2.24) is 4.90 Å². The van der Waals surface area contributed by atoms with Gasteiger partial charge in [0.15, 0.2) is 0 Å². The summed E-state index contributed by atoms with van der Waals surface area (Å²) in [7, 11) is 0. The molecule has 3 amide bonds. The molecule has 9 nitrogen and oxygen atoms in total. The Hall–Kier alpha value is 1.74. The van der Waals surface area contributed by atoms with Crippen LogP contribution in [0.2, 0.25) is 0 Å². The summed E-state index contributed by atoms with van der Waals surface area (Å²) in [6.45, 7) is -0.326. The van der Waals surface area contributed by atoms with Crippen molar-refractivity contribution in [2.24, 2.45) is 5.73 Å². The topological polar surface area (TPSA) is 165 Å². The largest absolute Gasteiger partial charge is 1.00 e. The van der Waals surface area contributed by atoms with Crippen LogP contribution in [-0.2, 0) is 72.0 Å². The van der Waals surface area contributed by atoms with E-state index in [4.69, 9.17) is 22.3 Å². The number of nitrogens with one attached hydrogen (secondary N) is 2. The first-order chi connectivity index (χ1) is 9.29. The summed E-state index contributed by atoms with van der Waals surface area (Å²) in [4.78, 5) is 45.9. The standard InChI is InChI=1S/C10H15N4O5S.Ir.K.Y/c11-2-5(8(13)16)14-7(15)1-6(9(14)17)20-3-4(12)10(18)19;;;/h4-6,12H,1-3,11H2,(H3,13,16,18,19);;;/q-1;;+1;/p-1. The number of carbonyl (C=O) groups is 4. The maximum atomic E-state index is 12.0. The molecule has 124 valence electrons. The summed E-state index contributed by atoms with van der Waals surface area (Å²) in [5.41, 5.74) is 19.5. The maximum absolute atomic E-state index is 12.0. The number of carboxylic acids is 1. The van der Waals surface area contributed by atoms with Crippen molar-refractivity contribution in [1.29, 1.82) is 0 Å². The molecule has 5 N–H and O–H groups in total. The van der Waals surface area contributed by atoms with Crippen LogP contribution < -0.4 is 57.1 Å². The molecular formula is C10H14IrKN4O5SY-. The zero-order valence-corrected chi connectivity index (χ0v) is 21.5. The Labute approximate surface area is 218 Å². The first kappa shape index (κ1) is 29.5. The van der Waals surface area contributed by atoms with E-state index in [0.29, 0.717) is 4.90 Å². The van der Waals surface area contributed by atoms with E-state index >= 15 is 0 Å². The molecule has 13 heteroatoms. The third-order valence-electron chi connectivity index (χ3n) is 2.74. The van der Waals surface area contributed by atoms with Crippen molar-refractivity contribution in [2.75, 3.05) is 12.3 Å². The molecule has 0 spiro atoms. The number of nitrogens with two attached hydrogens (primary N) is 1. The predicted octanol–water partition coefficient (Wildman–Crippen LogP) is -3.74. The van der Waals surface area contributed by atoms with Gasteiger partial charge in [0, 0.05) is 65.8 Å². The van der Waals surface area contributed by atoms with E-state index in [1.807, 2.05) is 0 Å². The molecule has 0 aromatic carbocycles. The number of rotatable bonds is 7. The van der Waals surface area contributed by atoms with E-state index in [1.165, 1.54) is 0 Å². The van der Waals surface area contributed by atoms with Crippen molar-refractivity contribution in [3.05, 3.63) is 11.5 Å². The summed E-state index contributed by atoms with van der Waals surface area (Å²) in [5.74, 6) is -3.85. The predicted molar refractivity (Wildman–Crippen MR) is 70.6 cm³/mol. The molecule has 3 atom stereocenters. The smallest absolute Gasteiger partial charge is 0.666 e. The number of nitrogens with zero attached hydrogens (tertiary/aromatic N) is 1. The Morgan fingerprint density at radius 1 is 1.43 bits per heavy atom. The van der Waals surface area contributed by atoms with Crippen LogP contribution in [0.25, 0.3) is 11.5 Å². The third-order valence-corrected chi connectivity index (χ3v) is 4.04. The van der Waals surface area contributed by atoms with Gasteiger partial charge < -0.3 is 27.1 Å². The van der Waals surface area contributed by atoms with E-state index < -0.39 is 41.0 Å². The van der Waals surface area contributed by atoms with Crippen LogP contribution in [-0.4, -0.2) is 63.3 Å². The van der Waals surface area contributed by atoms with Crippen molar-refractivity contribution in [3.8, 4) is 0 Å². The summed E-state index contributed by atoms with van der Waals surface area (Å²) < 4.78 is 0. The van der Waals surface area contributed by atoms with E-state index in [0.717, 1.165) is 11.8 Å². The zero-order valence-electron chi connectivity index (χ0n) is 12.3. The second-order valence-electron chi connectivity index (χ2n) is 4.13. The van der Waals surface area contributed by atoms with Gasteiger partial charge in [-0.05, 0) is 11.8 Å². The van der Waals surface area contributed by atoms with Crippen LogP contribution in [0.15, 0.2) is 0 Å². The minimum absolute atomic E-state index is 0. The first-order valence-electron chi connectivity index (χ1n) is 5.66. The average molecular weight is 623 g/mol. The van der Waals surface area contributed by atoms with E-state index in [2.05, 4.69) is 0 Å². The van der Waals surface area contributed by atoms with Gasteiger partial charge >= 0.3 is 51.4 Å². The molecule has 1 heterocycles. The molecule has 0 bridgehead atoms. The number of carbonyl (C=O) groups excluding carboxylic acids is 3. The molecular weight excluding hydrogens is 608 g/mol. The van der Waals surface area contributed by atoms with E-state index in [1.54, 1.807) is 0 Å². The summed E-state index contributed by atoms with van der Waals surface area (Å²) in [5, 5.41) is 7.75. The van der Waals surface area contributed by atoms with Crippen molar-refractivity contribution in [3.63, 3.8) is 0 Å². The summed E-state index contributed by atoms with van der Waals surface area (Å²) in [6, 6.07) is -2.69. The molecule has 3 unspecified atom stereocenters. The van der Waals surface area contributed by atoms with Crippen molar-refractivity contribution >= 4 is 35.5 Å². The van der Waals surface area contributed by atoms with Gasteiger partial charge in [0.05, 0.1) is 17.2 Å². The van der Waals surface area contributed by atoms with E-state index in [-0.39, 0.29) is 123 Å². The van der Waals surface area contributed by atoms with Crippen molar-refractivity contribution < 1.29 is 128 Å². The summed E-state index contributed by atoms with van der Waals surface area (Å²) in [6.07, 6.45) is -0.181. The monoisotopic (exact) mass is 623 g/mol. The van der Waals surface area contributed by atoms with Gasteiger partial charge in [-0.1, -0.05) is 0 Å². The Morgan fingerprint density at radius 3 is 2.35 bits per heavy atom. The third kappa shape index (κ3) is 8.31. The number of hydrogen-bond acceptors (Lipinski definition) is 6. The van der Waals surface area contributed by atoms with Gasteiger partial charge in [-0.25, -0.2) is 0 Å². The van der Waals surface area contributed by atoms with E-state index in [9.17, 15) is 19.2 Å². The number of imide groups is 1. The molecule has 1 fully saturated rings. The van der Waals surface area contributed by atoms with Crippen LogP contribution in [0.3, 0.4) is 0 Å². The number of amides is 3. The molecule has 0 saturated carbocycles. The minimum atomic E-state index is -1.39. The zero-order chi connectivity index (χ0) is 15.4. The van der Waals surface area contributed by atoms with Crippen molar-refractivity contribution in [2.45, 2.75) is 23.8 Å². The van der Waals surface area contributed by atoms with Crippen LogP contribution in [0.1, 0.15) is 6.42 Å². The van der Waals surface area contributed by atoms with Gasteiger partial charge in [-0.15, -0.1) is 11.8 Å².